The van der Waals surface area contributed by atoms with Crippen LogP contribution >= 0.6 is 24.0 Å². The normalized spacial score (nSPS) is 13.1. The first-order valence-corrected chi connectivity index (χ1v) is 8.75. The predicted molar refractivity (Wildman–Crippen MR) is 112 cm³/mol. The molecule has 9 heteroatoms. The molecule has 1 aliphatic rings. The average molecular weight is 426 g/mol. The summed E-state index contributed by atoms with van der Waals surface area (Å²) in [7, 11) is 2.97. The molecule has 1 fully saturated rings. The fourth-order valence-electron chi connectivity index (χ4n) is 3.00. The second-order valence-corrected chi connectivity index (χ2v) is 6.47. The van der Waals surface area contributed by atoms with Crippen LogP contribution < -0.4 is 25.4 Å². The highest BCUT2D eigenvalue weighted by Crippen LogP contribution is 2.34. The molecule has 0 atom stereocenters. The van der Waals surface area contributed by atoms with Crippen LogP contribution in [0.2, 0.25) is 5.02 Å². The van der Waals surface area contributed by atoms with Crippen LogP contribution in [0.5, 0.6) is 11.5 Å². The van der Waals surface area contributed by atoms with Crippen molar-refractivity contribution in [2.75, 3.05) is 36.7 Å². The summed E-state index contributed by atoms with van der Waals surface area (Å²) >= 11 is 6.03. The molecule has 0 aromatic heterocycles. The van der Waals surface area contributed by atoms with Crippen LogP contribution in [0.4, 0.5) is 17.1 Å². The molecule has 3 rings (SSSR count). The number of halogens is 2. The first kappa shape index (κ1) is 21.7. The summed E-state index contributed by atoms with van der Waals surface area (Å²) in [6.45, 7) is 0.655. The Labute approximate surface area is 174 Å². The van der Waals surface area contributed by atoms with E-state index < -0.39 is 5.91 Å². The van der Waals surface area contributed by atoms with Crippen molar-refractivity contribution < 1.29 is 19.1 Å². The lowest BCUT2D eigenvalue weighted by Crippen LogP contribution is -2.24. The molecule has 1 aliphatic heterocycles. The summed E-state index contributed by atoms with van der Waals surface area (Å²) in [6.07, 6.45) is 1.34. The second kappa shape index (κ2) is 9.03. The van der Waals surface area contributed by atoms with Crippen molar-refractivity contribution >= 4 is 52.9 Å². The number of nitrogens with one attached hydrogen (secondary N) is 1. The molecule has 2 aromatic rings. The first-order chi connectivity index (χ1) is 12.9. The molecule has 28 heavy (non-hydrogen) atoms. The maximum atomic E-state index is 12.7. The van der Waals surface area contributed by atoms with Crippen LogP contribution in [0.3, 0.4) is 0 Å². The highest BCUT2D eigenvalue weighted by atomic mass is 35.5. The van der Waals surface area contributed by atoms with Gasteiger partial charge < -0.3 is 25.4 Å². The molecule has 7 nitrogen and oxygen atoms in total. The molecule has 1 heterocycles. The van der Waals surface area contributed by atoms with Gasteiger partial charge >= 0.3 is 0 Å². The molecule has 0 spiro atoms. The third kappa shape index (κ3) is 4.26. The van der Waals surface area contributed by atoms with Gasteiger partial charge in [-0.25, -0.2) is 0 Å². The number of anilines is 3. The van der Waals surface area contributed by atoms with E-state index in [0.29, 0.717) is 41.5 Å². The first-order valence-electron chi connectivity index (χ1n) is 8.37. The fourth-order valence-corrected chi connectivity index (χ4v) is 3.16. The molecule has 0 aliphatic carbocycles. The number of nitrogen functional groups attached to an aromatic ring is 1. The van der Waals surface area contributed by atoms with Crippen molar-refractivity contribution in [1.29, 1.82) is 0 Å². The summed E-state index contributed by atoms with van der Waals surface area (Å²) in [6, 6.07) is 8.10. The van der Waals surface area contributed by atoms with Crippen molar-refractivity contribution in [3.8, 4) is 11.5 Å². The Morgan fingerprint density at radius 1 is 1.18 bits per heavy atom. The van der Waals surface area contributed by atoms with Gasteiger partial charge in [-0.05, 0) is 24.6 Å². The van der Waals surface area contributed by atoms with Gasteiger partial charge in [0.2, 0.25) is 5.91 Å². The number of nitrogens with two attached hydrogens (primary N) is 1. The van der Waals surface area contributed by atoms with E-state index in [1.54, 1.807) is 23.1 Å². The summed E-state index contributed by atoms with van der Waals surface area (Å²) in [5, 5.41) is 3.05. The zero-order valence-electron chi connectivity index (χ0n) is 15.5. The van der Waals surface area contributed by atoms with Crippen LogP contribution in [0.1, 0.15) is 23.2 Å². The number of nitrogens with zero attached hydrogens (tertiary/aromatic N) is 1. The molecule has 0 radical (unpaired) electrons. The van der Waals surface area contributed by atoms with E-state index in [1.165, 1.54) is 26.4 Å². The second-order valence-electron chi connectivity index (χ2n) is 6.06. The van der Waals surface area contributed by atoms with Gasteiger partial charge in [-0.15, -0.1) is 12.4 Å². The minimum absolute atomic E-state index is 0. The molecule has 2 aromatic carbocycles. The third-order valence-electron chi connectivity index (χ3n) is 4.37. The monoisotopic (exact) mass is 425 g/mol. The molecule has 150 valence electrons. The number of benzene rings is 2. The molecular weight excluding hydrogens is 405 g/mol. The van der Waals surface area contributed by atoms with Gasteiger partial charge in [-0.2, -0.15) is 0 Å². The number of rotatable bonds is 5. The third-order valence-corrected chi connectivity index (χ3v) is 4.69. The van der Waals surface area contributed by atoms with Crippen LogP contribution in [-0.2, 0) is 4.79 Å². The van der Waals surface area contributed by atoms with E-state index in [9.17, 15) is 9.59 Å². The fraction of sp³-hybridized carbons (Fsp3) is 0.263. The quantitative estimate of drug-likeness (QED) is 0.711. The average Bonchev–Trinajstić information content (AvgIpc) is 3.09. The Morgan fingerprint density at radius 3 is 2.50 bits per heavy atom. The SMILES string of the molecule is COc1cc(N)c(Cl)cc1C(=O)Nc1ccc(N2CCCC2=O)c(OC)c1.Cl. The number of carbonyl (C=O) groups is 2. The predicted octanol–water partition coefficient (Wildman–Crippen LogP) is 3.74. The van der Waals surface area contributed by atoms with Crippen molar-refractivity contribution in [2.24, 2.45) is 0 Å². The van der Waals surface area contributed by atoms with Crippen molar-refractivity contribution in [1.82, 2.24) is 0 Å². The zero-order chi connectivity index (χ0) is 19.6. The Morgan fingerprint density at radius 2 is 1.89 bits per heavy atom. The van der Waals surface area contributed by atoms with Crippen LogP contribution in [-0.4, -0.2) is 32.6 Å². The lowest BCUT2D eigenvalue weighted by Gasteiger charge is -2.20. The van der Waals surface area contributed by atoms with E-state index in [0.717, 1.165) is 6.42 Å². The number of hydrogen-bond acceptors (Lipinski definition) is 5. The summed E-state index contributed by atoms with van der Waals surface area (Å²) < 4.78 is 10.6. The smallest absolute Gasteiger partial charge is 0.259 e. The van der Waals surface area contributed by atoms with Crippen molar-refractivity contribution in [3.63, 3.8) is 0 Å². The number of methoxy groups -OCH3 is 2. The van der Waals surface area contributed by atoms with E-state index in [1.807, 2.05) is 0 Å². The highest BCUT2D eigenvalue weighted by molar-refractivity contribution is 6.33. The minimum Gasteiger partial charge on any atom is -0.496 e. The molecule has 0 saturated carbocycles. The minimum atomic E-state index is -0.402. The van der Waals surface area contributed by atoms with Gasteiger partial charge in [0.25, 0.3) is 5.91 Å². The highest BCUT2D eigenvalue weighted by Gasteiger charge is 2.25. The van der Waals surface area contributed by atoms with E-state index in [-0.39, 0.29) is 28.9 Å². The summed E-state index contributed by atoms with van der Waals surface area (Å²) in [5.41, 5.74) is 7.54. The topological polar surface area (TPSA) is 93.9 Å². The molecule has 3 N–H and O–H groups in total. The number of hydrogen-bond donors (Lipinski definition) is 2. The van der Waals surface area contributed by atoms with Gasteiger partial charge in [0.15, 0.2) is 0 Å². The Bertz CT molecular complexity index is 905. The molecule has 0 unspecified atom stereocenters. The Balaban J connectivity index is 0.00000280. The van der Waals surface area contributed by atoms with Crippen LogP contribution in [0.15, 0.2) is 30.3 Å². The van der Waals surface area contributed by atoms with Crippen molar-refractivity contribution in [3.05, 3.63) is 40.9 Å². The largest absolute Gasteiger partial charge is 0.496 e. The number of ether oxygens (including phenoxy) is 2. The van der Waals surface area contributed by atoms with Crippen LogP contribution in [0, 0.1) is 0 Å². The maximum absolute atomic E-state index is 12.7. The number of amides is 2. The molecule has 2 amide bonds. The Kier molecular flexibility index (Phi) is 6.99. The van der Waals surface area contributed by atoms with Gasteiger partial charge in [0, 0.05) is 30.8 Å². The standard InChI is InChI=1S/C19H20ClN3O4.ClH/c1-26-16-10-14(21)13(20)9-12(16)19(25)22-11-5-6-15(17(8-11)27-2)23-7-3-4-18(23)24;/h5-6,8-10H,3-4,7,21H2,1-2H3,(H,22,25);1H. The van der Waals surface area contributed by atoms with Crippen molar-refractivity contribution in [2.45, 2.75) is 12.8 Å². The summed E-state index contributed by atoms with van der Waals surface area (Å²) in [4.78, 5) is 26.3. The Hall–Kier alpha value is -2.64. The molecule has 0 bridgehead atoms. The van der Waals surface area contributed by atoms with Gasteiger partial charge in [-0.3, -0.25) is 9.59 Å². The lowest BCUT2D eigenvalue weighted by atomic mass is 10.1. The lowest BCUT2D eigenvalue weighted by molar-refractivity contribution is -0.117. The van der Waals surface area contributed by atoms with Gasteiger partial charge in [0.05, 0.1) is 36.2 Å². The van der Waals surface area contributed by atoms with E-state index >= 15 is 0 Å². The van der Waals surface area contributed by atoms with E-state index in [2.05, 4.69) is 5.32 Å². The summed E-state index contributed by atoms with van der Waals surface area (Å²) in [5.74, 6) is 0.484. The zero-order valence-corrected chi connectivity index (χ0v) is 17.0. The van der Waals surface area contributed by atoms with Crippen LogP contribution in [0.25, 0.3) is 0 Å². The number of carbonyl (C=O) groups excluding carboxylic acids is 2. The van der Waals surface area contributed by atoms with E-state index in [4.69, 9.17) is 26.8 Å². The van der Waals surface area contributed by atoms with Gasteiger partial charge in [0.1, 0.15) is 11.5 Å². The van der Waals surface area contributed by atoms with Gasteiger partial charge in [-0.1, -0.05) is 11.6 Å². The maximum Gasteiger partial charge on any atom is 0.259 e. The molecule has 1 saturated heterocycles. The molecular formula is C19H21Cl2N3O4.